The van der Waals surface area contributed by atoms with Gasteiger partial charge in [0.2, 0.25) is 0 Å². The van der Waals surface area contributed by atoms with E-state index in [4.69, 9.17) is 8.85 Å². The third kappa shape index (κ3) is 11.1. The smallest absolute Gasteiger partial charge is 0.192 e. The first-order chi connectivity index (χ1) is 14.3. The molecule has 2 atom stereocenters. The van der Waals surface area contributed by atoms with E-state index in [0.717, 1.165) is 49.7 Å². The molecule has 0 aromatic carbocycles. The van der Waals surface area contributed by atoms with Crippen molar-refractivity contribution in [3.63, 3.8) is 0 Å². The Morgan fingerprint density at radius 2 is 0.969 bits per heavy atom. The summed E-state index contributed by atoms with van der Waals surface area (Å²) in [6.07, 6.45) is 11.7. The molecule has 0 aliphatic rings. The fraction of sp³-hybridized carbons (Fsp3) is 0.786. The molecule has 0 N–H and O–H groups in total. The minimum absolute atomic E-state index is 0.188. The summed E-state index contributed by atoms with van der Waals surface area (Å²) in [6, 6.07) is 0. The molecule has 0 radical (unpaired) electrons. The van der Waals surface area contributed by atoms with Crippen LogP contribution in [0.4, 0.5) is 0 Å². The van der Waals surface area contributed by atoms with E-state index in [0.29, 0.717) is 0 Å². The summed E-state index contributed by atoms with van der Waals surface area (Å²) in [4.78, 5) is 0. The summed E-state index contributed by atoms with van der Waals surface area (Å²) < 4.78 is 13.2. The van der Waals surface area contributed by atoms with Gasteiger partial charge in [0.15, 0.2) is 16.6 Å². The summed E-state index contributed by atoms with van der Waals surface area (Å²) in [7, 11) is -3.52. The maximum absolute atomic E-state index is 6.62. The van der Waals surface area contributed by atoms with Gasteiger partial charge in [0.1, 0.15) is 0 Å². The molecule has 0 saturated heterocycles. The van der Waals surface area contributed by atoms with Gasteiger partial charge in [-0.2, -0.15) is 0 Å². The van der Waals surface area contributed by atoms with Crippen molar-refractivity contribution in [2.75, 3.05) is 0 Å². The van der Waals surface area contributed by atoms with Gasteiger partial charge in [-0.25, -0.2) is 0 Å². The van der Waals surface area contributed by atoms with Gasteiger partial charge in [-0.15, -0.1) is 0 Å². The molecule has 0 aromatic rings. The molecule has 32 heavy (non-hydrogen) atoms. The van der Waals surface area contributed by atoms with Gasteiger partial charge in [0.05, 0.1) is 12.2 Å². The first-order valence-corrected chi connectivity index (χ1v) is 18.4. The van der Waals surface area contributed by atoms with Gasteiger partial charge >= 0.3 is 0 Å². The Morgan fingerprint density at radius 3 is 1.19 bits per heavy atom. The normalized spacial score (nSPS) is 15.8. The van der Waals surface area contributed by atoms with Crippen LogP contribution in [0.2, 0.25) is 36.3 Å². The van der Waals surface area contributed by atoms with E-state index in [1.54, 1.807) is 0 Å². The number of hydrogen-bond donors (Lipinski definition) is 0. The van der Waals surface area contributed by atoms with Crippen molar-refractivity contribution in [2.24, 2.45) is 0 Å². The summed E-state index contributed by atoms with van der Waals surface area (Å²) in [5.41, 5.74) is 2.32. The van der Waals surface area contributed by atoms with Crippen molar-refractivity contribution in [2.45, 2.75) is 142 Å². The third-order valence-electron chi connectivity index (χ3n) is 7.43. The second-order valence-electron chi connectivity index (χ2n) is 12.8. The molecule has 0 aromatic heterocycles. The second kappa shape index (κ2) is 12.9. The summed E-state index contributed by atoms with van der Waals surface area (Å²) in [6.45, 7) is 35.7. The van der Waals surface area contributed by atoms with E-state index in [1.165, 1.54) is 0 Å². The SMILES string of the molecule is C=C(C)C(CCC/C=C/CCCC(O[Si](C)(C)C(C)(C)C)C(=C)C)O[Si](C)(C)C(C)(C)C. The number of allylic oxidation sites excluding steroid dienone is 2. The summed E-state index contributed by atoms with van der Waals surface area (Å²) >= 11 is 0. The van der Waals surface area contributed by atoms with Crippen molar-refractivity contribution in [3.8, 4) is 0 Å². The maximum atomic E-state index is 6.62. The molecule has 188 valence electrons. The largest absolute Gasteiger partial charge is 0.410 e. The van der Waals surface area contributed by atoms with Crippen molar-refractivity contribution in [1.82, 2.24) is 0 Å². The molecular weight excluding hydrogens is 424 g/mol. The Balaban J connectivity index is 4.46. The standard InChI is InChI=1S/C28H56O2Si2/c1-23(2)25(29-31(11,12)27(5,6)7)21-19-17-15-16-18-20-22-26(24(3)4)30-32(13,14)28(8,9)10/h15-16,25-26H,1,3,17-22H2,2,4-14H3/b16-15+. The van der Waals surface area contributed by atoms with Gasteiger partial charge in [-0.3, -0.25) is 0 Å². The summed E-state index contributed by atoms with van der Waals surface area (Å²) in [5.74, 6) is 0. The first-order valence-electron chi connectivity index (χ1n) is 12.6. The maximum Gasteiger partial charge on any atom is 0.192 e. The van der Waals surface area contributed by atoms with Crippen molar-refractivity contribution in [1.29, 1.82) is 0 Å². The molecule has 0 aliphatic carbocycles. The molecule has 2 unspecified atom stereocenters. The lowest BCUT2D eigenvalue weighted by Gasteiger charge is -2.39. The molecule has 0 spiro atoms. The lowest BCUT2D eigenvalue weighted by Crippen LogP contribution is -2.44. The average molecular weight is 481 g/mol. The third-order valence-corrected chi connectivity index (χ3v) is 16.4. The highest BCUT2D eigenvalue weighted by Crippen LogP contribution is 2.39. The van der Waals surface area contributed by atoms with E-state index in [-0.39, 0.29) is 22.3 Å². The van der Waals surface area contributed by atoms with Crippen LogP contribution in [0.15, 0.2) is 36.5 Å². The zero-order valence-corrected chi connectivity index (χ0v) is 25.8. The second-order valence-corrected chi connectivity index (χ2v) is 22.3. The van der Waals surface area contributed by atoms with E-state index >= 15 is 0 Å². The molecule has 0 bridgehead atoms. The molecule has 2 nitrogen and oxygen atoms in total. The van der Waals surface area contributed by atoms with Crippen LogP contribution in [-0.4, -0.2) is 28.8 Å². The van der Waals surface area contributed by atoms with Crippen molar-refractivity contribution >= 4 is 16.6 Å². The van der Waals surface area contributed by atoms with Gasteiger partial charge < -0.3 is 8.85 Å². The van der Waals surface area contributed by atoms with Crippen LogP contribution in [0, 0.1) is 0 Å². The average Bonchev–Trinajstić information content (AvgIpc) is 2.59. The highest BCUT2D eigenvalue weighted by Gasteiger charge is 2.40. The molecule has 4 heteroatoms. The quantitative estimate of drug-likeness (QED) is 0.140. The first kappa shape index (κ1) is 31.6. The Kier molecular flexibility index (Phi) is 12.7. The lowest BCUT2D eigenvalue weighted by molar-refractivity contribution is 0.201. The monoisotopic (exact) mass is 480 g/mol. The molecule has 0 saturated carbocycles. The molecule has 0 amide bonds. The Bertz CT molecular complexity index is 564. The van der Waals surface area contributed by atoms with Crippen molar-refractivity contribution in [3.05, 3.63) is 36.5 Å². The molecule has 0 fully saturated rings. The predicted octanol–water partition coefficient (Wildman–Crippen LogP) is 9.82. The molecule has 0 heterocycles. The highest BCUT2D eigenvalue weighted by molar-refractivity contribution is 6.74. The van der Waals surface area contributed by atoms with E-state index in [9.17, 15) is 0 Å². The van der Waals surface area contributed by atoms with Crippen LogP contribution >= 0.6 is 0 Å². The van der Waals surface area contributed by atoms with Crippen LogP contribution < -0.4 is 0 Å². The van der Waals surface area contributed by atoms with Crippen LogP contribution in [0.3, 0.4) is 0 Å². The van der Waals surface area contributed by atoms with Crippen LogP contribution in [0.5, 0.6) is 0 Å². The molecular formula is C28H56O2Si2. The topological polar surface area (TPSA) is 18.5 Å². The van der Waals surface area contributed by atoms with Gasteiger partial charge in [-0.1, -0.05) is 78.0 Å². The number of unbranched alkanes of at least 4 members (excludes halogenated alkanes) is 2. The molecule has 0 rings (SSSR count). The number of hydrogen-bond acceptors (Lipinski definition) is 2. The zero-order valence-electron chi connectivity index (χ0n) is 23.8. The van der Waals surface area contributed by atoms with Crippen LogP contribution in [0.25, 0.3) is 0 Å². The minimum Gasteiger partial charge on any atom is -0.410 e. The molecule has 0 aliphatic heterocycles. The predicted molar refractivity (Wildman–Crippen MR) is 151 cm³/mol. The number of rotatable bonds is 14. The zero-order chi connectivity index (χ0) is 25.4. The Morgan fingerprint density at radius 1 is 0.688 bits per heavy atom. The Hall–Kier alpha value is -0.426. The lowest BCUT2D eigenvalue weighted by atomic mass is 10.1. The minimum atomic E-state index is -1.76. The van der Waals surface area contributed by atoms with Crippen LogP contribution in [-0.2, 0) is 8.85 Å². The van der Waals surface area contributed by atoms with Gasteiger partial charge in [-0.05, 0) is 88.6 Å². The van der Waals surface area contributed by atoms with Crippen molar-refractivity contribution < 1.29 is 8.85 Å². The van der Waals surface area contributed by atoms with E-state index in [2.05, 4.69) is 107 Å². The highest BCUT2D eigenvalue weighted by atomic mass is 28.4. The fourth-order valence-corrected chi connectivity index (χ4v) is 5.72. The summed E-state index contributed by atoms with van der Waals surface area (Å²) in [5, 5.41) is 0.465. The van der Waals surface area contributed by atoms with E-state index < -0.39 is 16.6 Å². The van der Waals surface area contributed by atoms with Gasteiger partial charge in [0, 0.05) is 0 Å². The fourth-order valence-electron chi connectivity index (χ4n) is 2.95. The van der Waals surface area contributed by atoms with Gasteiger partial charge in [0.25, 0.3) is 0 Å². The van der Waals surface area contributed by atoms with E-state index in [1.807, 2.05) is 0 Å². The Labute approximate surface area is 204 Å². The van der Waals surface area contributed by atoms with Crippen LogP contribution in [0.1, 0.15) is 93.9 Å².